The highest BCUT2D eigenvalue weighted by Gasteiger charge is 2.24. The van der Waals surface area contributed by atoms with E-state index >= 15 is 0 Å². The zero-order valence-corrected chi connectivity index (χ0v) is 7.83. The van der Waals surface area contributed by atoms with Crippen molar-refractivity contribution in [1.29, 1.82) is 0 Å². The molecule has 0 amide bonds. The summed E-state index contributed by atoms with van der Waals surface area (Å²) < 4.78 is 0. The Morgan fingerprint density at radius 3 is 2.46 bits per heavy atom. The highest BCUT2D eigenvalue weighted by Crippen LogP contribution is 2.21. The molecular weight excluding hydrogens is 162 g/mol. The third-order valence-electron chi connectivity index (χ3n) is 2.82. The van der Waals surface area contributed by atoms with Crippen molar-refractivity contribution < 1.29 is 5.11 Å². The quantitative estimate of drug-likeness (QED) is 0.663. The number of benzene rings is 1. The van der Waals surface area contributed by atoms with Gasteiger partial charge in [0.05, 0.1) is 6.10 Å². The summed E-state index contributed by atoms with van der Waals surface area (Å²) in [6.07, 6.45) is 1.48. The summed E-state index contributed by atoms with van der Waals surface area (Å²) in [6.45, 7) is 0. The van der Waals surface area contributed by atoms with Gasteiger partial charge in [-0.1, -0.05) is 24.3 Å². The smallest absolute Gasteiger partial charge is 0.0736 e. The Morgan fingerprint density at radius 1 is 1.23 bits per heavy atom. The van der Waals surface area contributed by atoms with Gasteiger partial charge in [-0.25, -0.2) is 0 Å². The van der Waals surface area contributed by atoms with Gasteiger partial charge in [0.25, 0.3) is 0 Å². The molecule has 0 aromatic heterocycles. The molecule has 2 rings (SSSR count). The summed E-state index contributed by atoms with van der Waals surface area (Å²) in [5.74, 6) is 0. The van der Waals surface area contributed by atoms with Crippen LogP contribution in [0.25, 0.3) is 0 Å². The minimum atomic E-state index is -0.236. The Labute approximate surface area is 78.6 Å². The Morgan fingerprint density at radius 2 is 1.85 bits per heavy atom. The van der Waals surface area contributed by atoms with E-state index in [1.165, 1.54) is 11.1 Å². The third kappa shape index (κ3) is 1.60. The molecule has 1 aliphatic rings. The molecule has 13 heavy (non-hydrogen) atoms. The van der Waals surface area contributed by atoms with E-state index in [0.717, 1.165) is 12.8 Å². The van der Waals surface area contributed by atoms with Crippen LogP contribution in [0.5, 0.6) is 0 Å². The number of aliphatic hydroxyl groups excluding tert-OH is 1. The second kappa shape index (κ2) is 3.48. The molecule has 0 fully saturated rings. The molecular formula is C11H15NO. The lowest BCUT2D eigenvalue weighted by atomic mass is 9.86. The largest absolute Gasteiger partial charge is 0.391 e. The summed E-state index contributed by atoms with van der Waals surface area (Å²) in [4.78, 5) is 0. The number of aliphatic hydroxyl groups is 1. The van der Waals surface area contributed by atoms with Crippen molar-refractivity contribution in [3.8, 4) is 0 Å². The molecule has 0 bridgehead atoms. The molecule has 1 aromatic rings. The van der Waals surface area contributed by atoms with Crippen molar-refractivity contribution in [2.45, 2.75) is 25.0 Å². The van der Waals surface area contributed by atoms with Gasteiger partial charge in [0.2, 0.25) is 0 Å². The molecule has 2 unspecified atom stereocenters. The summed E-state index contributed by atoms with van der Waals surface area (Å²) in [7, 11) is 1.90. The zero-order valence-electron chi connectivity index (χ0n) is 7.83. The Hall–Kier alpha value is -0.860. The first-order valence-electron chi connectivity index (χ1n) is 4.73. The van der Waals surface area contributed by atoms with Gasteiger partial charge in [-0.05, 0) is 24.6 Å². The first-order chi connectivity index (χ1) is 6.31. The number of hydrogen-bond donors (Lipinski definition) is 2. The predicted octanol–water partition coefficient (Wildman–Crippen LogP) is 0.734. The average molecular weight is 177 g/mol. The number of fused-ring (bicyclic) bond motifs is 1. The van der Waals surface area contributed by atoms with Gasteiger partial charge in [-0.2, -0.15) is 0 Å². The number of rotatable bonds is 1. The van der Waals surface area contributed by atoms with E-state index in [0.29, 0.717) is 0 Å². The molecule has 70 valence electrons. The van der Waals surface area contributed by atoms with Gasteiger partial charge in [0.15, 0.2) is 0 Å². The van der Waals surface area contributed by atoms with Gasteiger partial charge >= 0.3 is 0 Å². The van der Waals surface area contributed by atoms with E-state index in [2.05, 4.69) is 23.5 Å². The van der Waals surface area contributed by atoms with Crippen LogP contribution in [0.2, 0.25) is 0 Å². The van der Waals surface area contributed by atoms with E-state index in [9.17, 15) is 5.11 Å². The highest BCUT2D eigenvalue weighted by atomic mass is 16.3. The monoisotopic (exact) mass is 177 g/mol. The second-order valence-electron chi connectivity index (χ2n) is 3.64. The van der Waals surface area contributed by atoms with E-state index in [-0.39, 0.29) is 12.1 Å². The van der Waals surface area contributed by atoms with E-state index in [1.807, 2.05) is 13.1 Å². The van der Waals surface area contributed by atoms with Crippen LogP contribution in [-0.4, -0.2) is 24.3 Å². The molecule has 0 saturated carbocycles. The maximum Gasteiger partial charge on any atom is 0.0736 e. The van der Waals surface area contributed by atoms with E-state index in [1.54, 1.807) is 0 Å². The van der Waals surface area contributed by atoms with Crippen LogP contribution in [-0.2, 0) is 12.8 Å². The zero-order chi connectivity index (χ0) is 9.26. The molecule has 0 saturated heterocycles. The average Bonchev–Trinajstić information content (AvgIpc) is 2.17. The predicted molar refractivity (Wildman–Crippen MR) is 52.7 cm³/mol. The van der Waals surface area contributed by atoms with Crippen molar-refractivity contribution >= 4 is 0 Å². The molecule has 2 atom stereocenters. The summed E-state index contributed by atoms with van der Waals surface area (Å²) in [5.41, 5.74) is 2.66. The first-order valence-corrected chi connectivity index (χ1v) is 4.73. The molecule has 0 spiro atoms. The number of likely N-dealkylation sites (N-methyl/N-ethyl adjacent to an activating group) is 1. The maximum atomic E-state index is 9.75. The molecule has 0 heterocycles. The highest BCUT2D eigenvalue weighted by molar-refractivity contribution is 5.31. The van der Waals surface area contributed by atoms with Crippen LogP contribution in [0.4, 0.5) is 0 Å². The van der Waals surface area contributed by atoms with Gasteiger partial charge in [-0.15, -0.1) is 0 Å². The molecule has 2 heteroatoms. The molecule has 1 aliphatic carbocycles. The van der Waals surface area contributed by atoms with Crippen molar-refractivity contribution in [3.05, 3.63) is 35.4 Å². The number of hydrogen-bond acceptors (Lipinski definition) is 2. The fourth-order valence-electron chi connectivity index (χ4n) is 1.99. The third-order valence-corrected chi connectivity index (χ3v) is 2.82. The summed E-state index contributed by atoms with van der Waals surface area (Å²) in [5, 5.41) is 12.9. The van der Waals surface area contributed by atoms with Crippen LogP contribution < -0.4 is 5.32 Å². The van der Waals surface area contributed by atoms with Gasteiger partial charge in [-0.3, -0.25) is 0 Å². The van der Waals surface area contributed by atoms with Gasteiger partial charge in [0, 0.05) is 12.5 Å². The second-order valence-corrected chi connectivity index (χ2v) is 3.64. The lowest BCUT2D eigenvalue weighted by Crippen LogP contribution is -2.43. The Bertz CT molecular complexity index is 298. The first kappa shape index (κ1) is 8.73. The Balaban J connectivity index is 2.27. The van der Waals surface area contributed by atoms with Gasteiger partial charge < -0.3 is 10.4 Å². The van der Waals surface area contributed by atoms with Crippen LogP contribution in [0, 0.1) is 0 Å². The standard InChI is InChI=1S/C11H15NO/c1-12-10-6-8-4-2-3-5-9(8)7-11(10)13/h2-5,10-13H,6-7H2,1H3. The van der Waals surface area contributed by atoms with Crippen molar-refractivity contribution in [2.24, 2.45) is 0 Å². The molecule has 0 aliphatic heterocycles. The lowest BCUT2D eigenvalue weighted by molar-refractivity contribution is 0.123. The van der Waals surface area contributed by atoms with Crippen molar-refractivity contribution in [2.75, 3.05) is 7.05 Å². The number of nitrogens with one attached hydrogen (secondary N) is 1. The molecule has 0 radical (unpaired) electrons. The van der Waals surface area contributed by atoms with Crippen LogP contribution in [0.15, 0.2) is 24.3 Å². The molecule has 2 N–H and O–H groups in total. The van der Waals surface area contributed by atoms with Crippen LogP contribution in [0.3, 0.4) is 0 Å². The molecule has 1 aromatic carbocycles. The SMILES string of the molecule is CNC1Cc2ccccc2CC1O. The summed E-state index contributed by atoms with van der Waals surface area (Å²) in [6, 6.07) is 8.56. The normalized spacial score (nSPS) is 26.9. The molecule has 2 nitrogen and oxygen atoms in total. The summed E-state index contributed by atoms with van der Waals surface area (Å²) >= 11 is 0. The topological polar surface area (TPSA) is 32.3 Å². The fourth-order valence-corrected chi connectivity index (χ4v) is 1.99. The minimum Gasteiger partial charge on any atom is -0.391 e. The van der Waals surface area contributed by atoms with Gasteiger partial charge in [0.1, 0.15) is 0 Å². The van der Waals surface area contributed by atoms with Crippen molar-refractivity contribution in [3.63, 3.8) is 0 Å². The van der Waals surface area contributed by atoms with Crippen molar-refractivity contribution in [1.82, 2.24) is 5.32 Å². The van der Waals surface area contributed by atoms with Crippen LogP contribution in [0.1, 0.15) is 11.1 Å². The maximum absolute atomic E-state index is 9.75. The lowest BCUT2D eigenvalue weighted by Gasteiger charge is -2.29. The minimum absolute atomic E-state index is 0.218. The fraction of sp³-hybridized carbons (Fsp3) is 0.455. The van der Waals surface area contributed by atoms with Crippen LogP contribution >= 0.6 is 0 Å². The Kier molecular flexibility index (Phi) is 2.34. The van der Waals surface area contributed by atoms with E-state index < -0.39 is 0 Å². The van der Waals surface area contributed by atoms with E-state index in [4.69, 9.17) is 0 Å².